The van der Waals surface area contributed by atoms with Crippen LogP contribution >= 0.6 is 23.2 Å². The van der Waals surface area contributed by atoms with Crippen LogP contribution in [0.25, 0.3) is 0 Å². The summed E-state index contributed by atoms with van der Waals surface area (Å²) in [6.45, 7) is 1.27. The Balaban J connectivity index is 2.01. The zero-order valence-electron chi connectivity index (χ0n) is 10.7. The maximum absolute atomic E-state index is 13.0. The van der Waals surface area contributed by atoms with Gasteiger partial charge in [0.15, 0.2) is 0 Å². The summed E-state index contributed by atoms with van der Waals surface area (Å²) in [6, 6.07) is 3.67. The SMILES string of the molecule is CC(NC(=O)C1CC(F)(F)CN1)c1ccc(Cl)cc1Cl. The minimum atomic E-state index is -2.83. The maximum Gasteiger partial charge on any atom is 0.262 e. The van der Waals surface area contributed by atoms with Gasteiger partial charge in [0.05, 0.1) is 18.6 Å². The molecule has 2 rings (SSSR count). The first-order valence-electron chi connectivity index (χ1n) is 6.15. The largest absolute Gasteiger partial charge is 0.348 e. The van der Waals surface area contributed by atoms with Crippen LogP contribution in [0.15, 0.2) is 18.2 Å². The number of carbonyl (C=O) groups is 1. The number of carbonyl (C=O) groups excluding carboxylic acids is 1. The number of hydrogen-bond donors (Lipinski definition) is 2. The van der Waals surface area contributed by atoms with Crippen LogP contribution in [-0.2, 0) is 4.79 Å². The quantitative estimate of drug-likeness (QED) is 0.897. The zero-order chi connectivity index (χ0) is 14.9. The van der Waals surface area contributed by atoms with Crippen molar-refractivity contribution in [1.29, 1.82) is 0 Å². The molecular formula is C13H14Cl2F2N2O. The molecule has 1 aromatic carbocycles. The molecular weight excluding hydrogens is 309 g/mol. The van der Waals surface area contributed by atoms with E-state index in [9.17, 15) is 13.6 Å². The highest BCUT2D eigenvalue weighted by Gasteiger charge is 2.42. The molecule has 1 saturated heterocycles. The van der Waals surface area contributed by atoms with E-state index in [1.807, 2.05) is 0 Å². The van der Waals surface area contributed by atoms with Crippen molar-refractivity contribution in [3.63, 3.8) is 0 Å². The summed E-state index contributed by atoms with van der Waals surface area (Å²) >= 11 is 11.8. The number of halogens is 4. The Kier molecular flexibility index (Phi) is 4.52. The molecule has 1 aromatic rings. The van der Waals surface area contributed by atoms with Gasteiger partial charge in [0.2, 0.25) is 5.91 Å². The van der Waals surface area contributed by atoms with Crippen molar-refractivity contribution in [2.24, 2.45) is 0 Å². The van der Waals surface area contributed by atoms with Crippen molar-refractivity contribution >= 4 is 29.1 Å². The summed E-state index contributed by atoms with van der Waals surface area (Å²) < 4.78 is 26.1. The number of rotatable bonds is 3. The minimum absolute atomic E-state index is 0.386. The van der Waals surface area contributed by atoms with Gasteiger partial charge in [0, 0.05) is 16.5 Å². The smallest absolute Gasteiger partial charge is 0.262 e. The Morgan fingerprint density at radius 2 is 2.20 bits per heavy atom. The van der Waals surface area contributed by atoms with Gasteiger partial charge in [0.25, 0.3) is 5.92 Å². The van der Waals surface area contributed by atoms with E-state index < -0.39 is 30.8 Å². The number of benzene rings is 1. The Morgan fingerprint density at radius 3 is 2.75 bits per heavy atom. The molecule has 1 fully saturated rings. The van der Waals surface area contributed by atoms with Crippen LogP contribution in [0.1, 0.15) is 24.9 Å². The Hall–Kier alpha value is -0.910. The molecule has 3 nitrogen and oxygen atoms in total. The van der Waals surface area contributed by atoms with Gasteiger partial charge in [-0.1, -0.05) is 29.3 Å². The summed E-state index contributed by atoms with van der Waals surface area (Å²) in [6.07, 6.45) is -0.486. The summed E-state index contributed by atoms with van der Waals surface area (Å²) in [5, 5.41) is 6.11. The molecule has 0 spiro atoms. The fraction of sp³-hybridized carbons (Fsp3) is 0.462. The topological polar surface area (TPSA) is 41.1 Å². The van der Waals surface area contributed by atoms with Crippen molar-refractivity contribution in [2.45, 2.75) is 31.4 Å². The molecule has 1 aliphatic rings. The van der Waals surface area contributed by atoms with Gasteiger partial charge >= 0.3 is 0 Å². The molecule has 2 unspecified atom stereocenters. The molecule has 1 amide bonds. The van der Waals surface area contributed by atoms with Crippen molar-refractivity contribution in [2.75, 3.05) is 6.54 Å². The fourth-order valence-electron chi connectivity index (χ4n) is 2.15. The third kappa shape index (κ3) is 3.59. The van der Waals surface area contributed by atoms with E-state index in [4.69, 9.17) is 23.2 Å². The Labute approximate surface area is 125 Å². The Bertz CT molecular complexity index is 525. The Morgan fingerprint density at radius 1 is 1.50 bits per heavy atom. The first-order chi connectivity index (χ1) is 9.28. The molecule has 0 aliphatic carbocycles. The first kappa shape index (κ1) is 15.5. The third-order valence-corrected chi connectivity index (χ3v) is 3.78. The van der Waals surface area contributed by atoms with E-state index in [-0.39, 0.29) is 6.04 Å². The summed E-state index contributed by atoms with van der Waals surface area (Å²) in [5.41, 5.74) is 0.689. The van der Waals surface area contributed by atoms with E-state index in [1.165, 1.54) is 0 Å². The lowest BCUT2D eigenvalue weighted by atomic mass is 10.1. The van der Waals surface area contributed by atoms with E-state index in [1.54, 1.807) is 25.1 Å². The van der Waals surface area contributed by atoms with Gasteiger partial charge < -0.3 is 5.32 Å². The third-order valence-electron chi connectivity index (χ3n) is 3.21. The van der Waals surface area contributed by atoms with Crippen LogP contribution < -0.4 is 10.6 Å². The van der Waals surface area contributed by atoms with Crippen molar-refractivity contribution < 1.29 is 13.6 Å². The molecule has 7 heteroatoms. The van der Waals surface area contributed by atoms with Crippen LogP contribution in [-0.4, -0.2) is 24.4 Å². The van der Waals surface area contributed by atoms with E-state index in [2.05, 4.69) is 10.6 Å². The first-order valence-corrected chi connectivity index (χ1v) is 6.90. The maximum atomic E-state index is 13.0. The monoisotopic (exact) mass is 322 g/mol. The molecule has 20 heavy (non-hydrogen) atoms. The van der Waals surface area contributed by atoms with Crippen LogP contribution in [0.5, 0.6) is 0 Å². The number of hydrogen-bond acceptors (Lipinski definition) is 2. The molecule has 1 heterocycles. The number of alkyl halides is 2. The molecule has 0 radical (unpaired) electrons. The van der Waals surface area contributed by atoms with Gasteiger partial charge in [-0.2, -0.15) is 0 Å². The fourth-order valence-corrected chi connectivity index (χ4v) is 2.72. The zero-order valence-corrected chi connectivity index (χ0v) is 12.2. The highest BCUT2D eigenvalue weighted by atomic mass is 35.5. The normalized spacial score (nSPS) is 22.6. The number of amides is 1. The van der Waals surface area contributed by atoms with Gasteiger partial charge in [0.1, 0.15) is 0 Å². The van der Waals surface area contributed by atoms with Gasteiger partial charge in [-0.15, -0.1) is 0 Å². The molecule has 0 saturated carbocycles. The number of nitrogens with one attached hydrogen (secondary N) is 2. The van der Waals surface area contributed by atoms with E-state index >= 15 is 0 Å². The summed E-state index contributed by atoms with van der Waals surface area (Å²) in [7, 11) is 0. The molecule has 2 atom stereocenters. The van der Waals surface area contributed by atoms with Crippen LogP contribution in [0.3, 0.4) is 0 Å². The van der Waals surface area contributed by atoms with Crippen LogP contribution in [0, 0.1) is 0 Å². The lowest BCUT2D eigenvalue weighted by molar-refractivity contribution is -0.124. The van der Waals surface area contributed by atoms with Gasteiger partial charge in [-0.05, 0) is 24.6 Å². The molecule has 1 aliphatic heterocycles. The molecule has 0 aromatic heterocycles. The van der Waals surface area contributed by atoms with Crippen LogP contribution in [0.2, 0.25) is 10.0 Å². The van der Waals surface area contributed by atoms with Gasteiger partial charge in [-0.25, -0.2) is 8.78 Å². The molecule has 110 valence electrons. The average molecular weight is 323 g/mol. The van der Waals surface area contributed by atoms with E-state index in [0.717, 1.165) is 0 Å². The minimum Gasteiger partial charge on any atom is -0.348 e. The highest BCUT2D eigenvalue weighted by Crippen LogP contribution is 2.28. The summed E-state index contributed by atoms with van der Waals surface area (Å²) in [4.78, 5) is 11.9. The molecule has 2 N–H and O–H groups in total. The van der Waals surface area contributed by atoms with E-state index in [0.29, 0.717) is 15.6 Å². The lowest BCUT2D eigenvalue weighted by Crippen LogP contribution is -2.41. The van der Waals surface area contributed by atoms with Crippen LogP contribution in [0.4, 0.5) is 8.78 Å². The predicted octanol–water partition coefficient (Wildman–Crippen LogP) is 3.17. The predicted molar refractivity (Wildman–Crippen MR) is 74.4 cm³/mol. The highest BCUT2D eigenvalue weighted by molar-refractivity contribution is 6.35. The second-order valence-electron chi connectivity index (χ2n) is 4.89. The van der Waals surface area contributed by atoms with Crippen molar-refractivity contribution in [3.8, 4) is 0 Å². The van der Waals surface area contributed by atoms with Crippen molar-refractivity contribution in [1.82, 2.24) is 10.6 Å². The van der Waals surface area contributed by atoms with Crippen molar-refractivity contribution in [3.05, 3.63) is 33.8 Å². The van der Waals surface area contributed by atoms with Gasteiger partial charge in [-0.3, -0.25) is 10.1 Å². The summed E-state index contributed by atoms with van der Waals surface area (Å²) in [5.74, 6) is -3.29. The average Bonchev–Trinajstić information content (AvgIpc) is 2.69. The standard InChI is InChI=1S/C13H14Cl2F2N2O/c1-7(9-3-2-8(14)4-10(9)15)19-12(20)11-5-13(16,17)6-18-11/h2-4,7,11,18H,5-6H2,1H3,(H,19,20). The second-order valence-corrected chi connectivity index (χ2v) is 5.73. The lowest BCUT2D eigenvalue weighted by Gasteiger charge is -2.18. The second kappa shape index (κ2) is 5.84. The molecule has 0 bridgehead atoms.